The minimum Gasteiger partial charge on any atom is -0.459 e. The number of piperidine rings is 1. The lowest BCUT2D eigenvalue weighted by atomic mass is 9.90. The maximum absolute atomic E-state index is 15.5. The third-order valence-electron chi connectivity index (χ3n) is 6.05. The predicted molar refractivity (Wildman–Crippen MR) is 138 cm³/mol. The largest absolute Gasteiger partial charge is 0.459 e. The molecular weight excluding hydrogens is 481 g/mol. The maximum Gasteiger partial charge on any atom is 0.432 e. The van der Waals surface area contributed by atoms with Crippen molar-refractivity contribution in [3.8, 4) is 0 Å². The smallest absolute Gasteiger partial charge is 0.432 e. The lowest BCUT2D eigenvalue weighted by Gasteiger charge is -2.37. The van der Waals surface area contributed by atoms with Crippen molar-refractivity contribution in [1.82, 2.24) is 5.01 Å². The van der Waals surface area contributed by atoms with Gasteiger partial charge in [-0.15, -0.1) is 0 Å². The summed E-state index contributed by atoms with van der Waals surface area (Å²) in [6.45, 7) is 11.2. The molecule has 1 heterocycles. The van der Waals surface area contributed by atoms with E-state index >= 15 is 4.39 Å². The number of amides is 2. The molecule has 1 aliphatic carbocycles. The molecule has 1 aliphatic heterocycles. The molecule has 1 saturated heterocycles. The molecule has 2 fully saturated rings. The molecule has 0 aromatic heterocycles. The van der Waals surface area contributed by atoms with E-state index in [0.29, 0.717) is 36.6 Å². The van der Waals surface area contributed by atoms with Gasteiger partial charge in [-0.25, -0.2) is 15.0 Å². The Labute approximate surface area is 217 Å². The average molecular weight is 522 g/mol. The van der Waals surface area contributed by atoms with E-state index in [2.05, 4.69) is 5.32 Å². The van der Waals surface area contributed by atoms with E-state index in [1.807, 2.05) is 4.90 Å². The normalized spacial score (nSPS) is 19.2. The van der Waals surface area contributed by atoms with E-state index in [-0.39, 0.29) is 23.2 Å². The lowest BCUT2D eigenvalue weighted by Crippen LogP contribution is -2.49. The highest BCUT2D eigenvalue weighted by Crippen LogP contribution is 2.35. The van der Waals surface area contributed by atoms with Crippen molar-refractivity contribution in [3.63, 3.8) is 0 Å². The van der Waals surface area contributed by atoms with Crippen LogP contribution in [0.25, 0.3) is 0 Å². The van der Waals surface area contributed by atoms with E-state index < -0.39 is 41.0 Å². The average Bonchev–Trinajstić information content (AvgIpc) is 3.60. The molecule has 0 bridgehead atoms. The molecule has 0 spiro atoms. The van der Waals surface area contributed by atoms with E-state index in [1.54, 1.807) is 47.6 Å². The number of esters is 1. The van der Waals surface area contributed by atoms with E-state index in [1.165, 1.54) is 0 Å². The molecule has 2 aliphatic rings. The van der Waals surface area contributed by atoms with Gasteiger partial charge in [-0.3, -0.25) is 9.59 Å². The summed E-state index contributed by atoms with van der Waals surface area (Å²) in [5, 5.41) is 3.60. The van der Waals surface area contributed by atoms with Crippen molar-refractivity contribution >= 4 is 29.3 Å². The number of halogens is 1. The van der Waals surface area contributed by atoms with E-state index in [0.717, 1.165) is 18.9 Å². The number of anilines is 2. The first-order chi connectivity index (χ1) is 17.1. The highest BCUT2D eigenvalue weighted by atomic mass is 19.1. The number of hydrogen-bond donors (Lipinski definition) is 3. The number of hydrazine groups is 1. The molecular formula is C26H40FN5O5. The molecule has 1 aromatic rings. The van der Waals surface area contributed by atoms with Crippen LogP contribution in [0.2, 0.25) is 0 Å². The third kappa shape index (κ3) is 7.78. The Hall–Kier alpha value is -2.92. The zero-order valence-corrected chi connectivity index (χ0v) is 22.6. The van der Waals surface area contributed by atoms with Crippen molar-refractivity contribution in [2.24, 2.45) is 17.5 Å². The van der Waals surface area contributed by atoms with Crippen LogP contribution < -0.4 is 21.8 Å². The number of imide groups is 1. The summed E-state index contributed by atoms with van der Waals surface area (Å²) in [4.78, 5) is 39.8. The van der Waals surface area contributed by atoms with Crippen LogP contribution in [-0.2, 0) is 14.3 Å². The van der Waals surface area contributed by atoms with Crippen molar-refractivity contribution < 1.29 is 28.2 Å². The number of nitrogens with zero attached hydrogens (tertiary/aromatic N) is 2. The van der Waals surface area contributed by atoms with Crippen LogP contribution in [0.1, 0.15) is 77.6 Å². The number of carbonyl (C=O) groups excluding carboxylic acids is 3. The second-order valence-corrected chi connectivity index (χ2v) is 11.8. The van der Waals surface area contributed by atoms with Gasteiger partial charge >= 0.3 is 12.1 Å². The fourth-order valence-electron chi connectivity index (χ4n) is 4.16. The lowest BCUT2D eigenvalue weighted by molar-refractivity contribution is -0.158. The summed E-state index contributed by atoms with van der Waals surface area (Å²) >= 11 is 0. The number of rotatable bonds is 6. The first kappa shape index (κ1) is 28.6. The quantitative estimate of drug-likeness (QED) is 0.222. The van der Waals surface area contributed by atoms with E-state index in [4.69, 9.17) is 21.1 Å². The van der Waals surface area contributed by atoms with Gasteiger partial charge in [-0.05, 0) is 79.4 Å². The van der Waals surface area contributed by atoms with Crippen LogP contribution >= 0.6 is 0 Å². The summed E-state index contributed by atoms with van der Waals surface area (Å²) in [6.07, 6.45) is 2.21. The van der Waals surface area contributed by atoms with Crippen LogP contribution in [-0.4, -0.2) is 59.4 Å². The van der Waals surface area contributed by atoms with Gasteiger partial charge in [0, 0.05) is 30.7 Å². The molecule has 2 atom stereocenters. The summed E-state index contributed by atoms with van der Waals surface area (Å²) in [5.74, 6) is 3.52. The fourth-order valence-corrected chi connectivity index (χ4v) is 4.16. The molecule has 206 valence electrons. The second kappa shape index (κ2) is 10.8. The zero-order valence-electron chi connectivity index (χ0n) is 22.6. The van der Waals surface area contributed by atoms with Gasteiger partial charge < -0.3 is 25.4 Å². The molecule has 3 rings (SSSR count). The molecule has 2 amide bonds. The third-order valence-corrected chi connectivity index (χ3v) is 6.05. The van der Waals surface area contributed by atoms with Gasteiger partial charge in [0.15, 0.2) is 0 Å². The highest BCUT2D eigenvalue weighted by molar-refractivity contribution is 6.06. The number of ether oxygens (including phenoxy) is 2. The van der Waals surface area contributed by atoms with Gasteiger partial charge in [0.25, 0.3) is 5.91 Å². The molecule has 37 heavy (non-hydrogen) atoms. The van der Waals surface area contributed by atoms with E-state index in [9.17, 15) is 14.4 Å². The summed E-state index contributed by atoms with van der Waals surface area (Å²) in [7, 11) is 0. The Bertz CT molecular complexity index is 1030. The Balaban J connectivity index is 1.84. The minimum absolute atomic E-state index is 0.0690. The van der Waals surface area contributed by atoms with Gasteiger partial charge in [0.05, 0.1) is 11.3 Å². The summed E-state index contributed by atoms with van der Waals surface area (Å²) in [5.41, 5.74) is 5.31. The molecule has 1 aromatic carbocycles. The topological polar surface area (TPSA) is 140 Å². The van der Waals surface area contributed by atoms with Gasteiger partial charge in [-0.2, -0.15) is 5.01 Å². The maximum atomic E-state index is 15.5. The van der Waals surface area contributed by atoms with Crippen LogP contribution in [0, 0.1) is 11.7 Å². The Morgan fingerprint density at radius 2 is 1.70 bits per heavy atom. The Morgan fingerprint density at radius 3 is 2.27 bits per heavy atom. The molecule has 5 N–H and O–H groups in total. The highest BCUT2D eigenvalue weighted by Gasteiger charge is 2.35. The molecule has 0 radical (unpaired) electrons. The first-order valence-corrected chi connectivity index (χ1v) is 12.7. The molecule has 10 nitrogen and oxygen atoms in total. The van der Waals surface area contributed by atoms with Gasteiger partial charge in [0.1, 0.15) is 23.1 Å². The predicted octanol–water partition coefficient (Wildman–Crippen LogP) is 3.54. The number of carbonyl (C=O) groups is 3. The van der Waals surface area contributed by atoms with Crippen LogP contribution in [0.5, 0.6) is 0 Å². The van der Waals surface area contributed by atoms with Crippen LogP contribution in [0.4, 0.5) is 20.6 Å². The standard InChI is InChI=1S/C26H40FN5O5/c1-25(2,3)36-23(34)21(28)15-8-7-11-31(14-15)20-13-19(30-16-9-10-16)17(12-18(20)27)22(33)32(29)24(35)37-26(4,5)6/h12-13,15-16,21,30H,7-11,14,28-29H2,1-6H3. The van der Waals surface area contributed by atoms with Crippen molar-refractivity contribution in [3.05, 3.63) is 23.5 Å². The summed E-state index contributed by atoms with van der Waals surface area (Å²) in [6, 6.07) is 1.96. The van der Waals surface area contributed by atoms with Gasteiger partial charge in [-0.1, -0.05) is 0 Å². The second-order valence-electron chi connectivity index (χ2n) is 11.8. The van der Waals surface area contributed by atoms with Crippen LogP contribution in [0.3, 0.4) is 0 Å². The van der Waals surface area contributed by atoms with Gasteiger partial charge in [0.2, 0.25) is 0 Å². The van der Waals surface area contributed by atoms with Crippen molar-refractivity contribution in [2.75, 3.05) is 23.3 Å². The number of nitrogens with one attached hydrogen (secondary N) is 1. The SMILES string of the molecule is CC(C)(C)OC(=O)C(N)C1CCCN(c2cc(NC3CC3)c(C(=O)N(N)C(=O)OC(C)(C)C)cc2F)C1. The fraction of sp³-hybridized carbons (Fsp3) is 0.654. The molecule has 11 heteroatoms. The first-order valence-electron chi connectivity index (χ1n) is 12.7. The monoisotopic (exact) mass is 521 g/mol. The van der Waals surface area contributed by atoms with Crippen molar-refractivity contribution in [2.45, 2.75) is 90.5 Å². The Morgan fingerprint density at radius 1 is 1.08 bits per heavy atom. The minimum atomic E-state index is -1.03. The zero-order chi connectivity index (χ0) is 27.7. The number of nitrogens with two attached hydrogens (primary N) is 2. The summed E-state index contributed by atoms with van der Waals surface area (Å²) < 4.78 is 26.1. The van der Waals surface area contributed by atoms with Crippen molar-refractivity contribution in [1.29, 1.82) is 0 Å². The molecule has 2 unspecified atom stereocenters. The Kier molecular flexibility index (Phi) is 8.38. The molecule has 1 saturated carbocycles. The van der Waals surface area contributed by atoms with Crippen LogP contribution in [0.15, 0.2) is 12.1 Å². The number of hydrogen-bond acceptors (Lipinski definition) is 9. The number of benzene rings is 1.